The van der Waals surface area contributed by atoms with Crippen molar-refractivity contribution in [1.82, 2.24) is 0 Å². The molecule has 4 rings (SSSR count). The molecule has 12 nitrogen and oxygen atoms in total. The SMILES string of the molecule is CCN(CC)c1ccc(N)cc1.COS(=O)(=O)c1cc(NC(=O)CCCCC2CCSS2)c2c(O)c(N)c(S(=O)(=O)O)cc2c1. The maximum absolute atomic E-state index is 12.6. The van der Waals surface area contributed by atoms with E-state index in [0.717, 1.165) is 69.1 Å². The number of hydrogen-bond donors (Lipinski definition) is 5. The summed E-state index contributed by atoms with van der Waals surface area (Å²) in [7, 11) is -4.38. The number of unbranched alkanes of at least 4 members (excludes halogenated alkanes) is 1. The summed E-state index contributed by atoms with van der Waals surface area (Å²) in [5, 5.41) is 13.6. The number of benzene rings is 3. The number of amides is 1. The first-order valence-electron chi connectivity index (χ1n) is 14.3. The standard InChI is InChI=1S/C19H24N2O8S4.C10H16N2/c1-29-33(27,28)13-8-11-9-15(32(24,25)26)18(20)19(23)17(11)14(10-13)21-16(22)5-3-2-4-12-6-7-30-31-12;1-3-12(4-2)10-7-5-9(11)6-8-10/h8-10,12,23H,2-7,20H2,1H3,(H,21,22)(H,24,25,26);5-8H,3-4,11H2,1-2H3. The highest BCUT2D eigenvalue weighted by Crippen LogP contribution is 2.42. The maximum Gasteiger partial charge on any atom is 0.296 e. The molecule has 1 aliphatic heterocycles. The van der Waals surface area contributed by atoms with Crippen molar-refractivity contribution in [1.29, 1.82) is 0 Å². The van der Waals surface area contributed by atoms with Gasteiger partial charge in [0.25, 0.3) is 20.2 Å². The van der Waals surface area contributed by atoms with E-state index in [2.05, 4.69) is 40.4 Å². The first-order valence-corrected chi connectivity index (χ1v) is 19.5. The molecule has 0 spiro atoms. The largest absolute Gasteiger partial charge is 0.505 e. The van der Waals surface area contributed by atoms with Crippen LogP contribution in [0.15, 0.2) is 52.3 Å². The van der Waals surface area contributed by atoms with E-state index in [1.165, 1.54) is 5.69 Å². The Kier molecular flexibility index (Phi) is 13.1. The summed E-state index contributed by atoms with van der Waals surface area (Å²) in [6.07, 6.45) is 3.82. The minimum atomic E-state index is -4.82. The van der Waals surface area contributed by atoms with Crippen LogP contribution >= 0.6 is 21.6 Å². The van der Waals surface area contributed by atoms with E-state index in [1.54, 1.807) is 0 Å². The van der Waals surface area contributed by atoms with E-state index in [0.29, 0.717) is 11.7 Å². The Morgan fingerprint density at radius 1 is 1.07 bits per heavy atom. The molecule has 7 N–H and O–H groups in total. The predicted octanol–water partition coefficient (Wildman–Crippen LogP) is 5.48. The van der Waals surface area contributed by atoms with Gasteiger partial charge in [-0.1, -0.05) is 28.0 Å². The van der Waals surface area contributed by atoms with Gasteiger partial charge in [-0.3, -0.25) is 13.5 Å². The number of aromatic hydroxyl groups is 1. The summed E-state index contributed by atoms with van der Waals surface area (Å²) in [6, 6.07) is 11.1. The normalized spacial score (nSPS) is 15.0. The lowest BCUT2D eigenvalue weighted by Crippen LogP contribution is -2.21. The number of hydrogen-bond acceptors (Lipinski definition) is 12. The molecule has 1 atom stereocenters. The second-order valence-electron chi connectivity index (χ2n) is 10.2. The highest BCUT2D eigenvalue weighted by atomic mass is 33.1. The number of rotatable bonds is 12. The third-order valence-electron chi connectivity index (χ3n) is 7.18. The van der Waals surface area contributed by atoms with Gasteiger partial charge >= 0.3 is 0 Å². The van der Waals surface area contributed by atoms with Crippen molar-refractivity contribution in [2.45, 2.75) is 61.0 Å². The number of carbonyl (C=O) groups is 1. The lowest BCUT2D eigenvalue weighted by Gasteiger charge is -2.20. The molecule has 45 heavy (non-hydrogen) atoms. The Morgan fingerprint density at radius 3 is 2.29 bits per heavy atom. The molecule has 1 amide bonds. The number of nitrogens with two attached hydrogens (primary N) is 2. The summed E-state index contributed by atoms with van der Waals surface area (Å²) in [5.41, 5.74) is 12.6. The van der Waals surface area contributed by atoms with Crippen molar-refractivity contribution in [3.8, 4) is 5.75 Å². The molecule has 0 saturated carbocycles. The van der Waals surface area contributed by atoms with Crippen molar-refractivity contribution in [3.05, 3.63) is 42.5 Å². The van der Waals surface area contributed by atoms with Crippen LogP contribution in [0.3, 0.4) is 0 Å². The van der Waals surface area contributed by atoms with Gasteiger partial charge in [-0.15, -0.1) is 0 Å². The number of anilines is 4. The zero-order chi connectivity index (χ0) is 33.4. The van der Waals surface area contributed by atoms with Gasteiger partial charge in [-0.05, 0) is 81.0 Å². The fourth-order valence-electron chi connectivity index (χ4n) is 4.75. The fourth-order valence-corrected chi connectivity index (χ4v) is 9.15. The highest BCUT2D eigenvalue weighted by molar-refractivity contribution is 8.77. The molecule has 3 aromatic rings. The van der Waals surface area contributed by atoms with E-state index in [-0.39, 0.29) is 27.8 Å². The van der Waals surface area contributed by atoms with Crippen LogP contribution in [0.4, 0.5) is 22.7 Å². The first kappa shape index (κ1) is 36.6. The quantitative estimate of drug-likeness (QED) is 0.0397. The Morgan fingerprint density at radius 2 is 1.73 bits per heavy atom. The van der Waals surface area contributed by atoms with E-state index < -0.39 is 42.5 Å². The van der Waals surface area contributed by atoms with Crippen LogP contribution in [0.5, 0.6) is 5.75 Å². The van der Waals surface area contributed by atoms with Gasteiger partial charge in [0, 0.05) is 47.3 Å². The van der Waals surface area contributed by atoms with Crippen LogP contribution in [0.25, 0.3) is 10.8 Å². The molecule has 1 heterocycles. The number of fused-ring (bicyclic) bond motifs is 1. The van der Waals surface area contributed by atoms with Crippen LogP contribution < -0.4 is 21.7 Å². The maximum atomic E-state index is 12.6. The molecule has 248 valence electrons. The Balaban J connectivity index is 0.000000385. The minimum Gasteiger partial charge on any atom is -0.505 e. The van der Waals surface area contributed by atoms with E-state index >= 15 is 0 Å². The average molecular weight is 701 g/mol. The van der Waals surface area contributed by atoms with Gasteiger partial charge in [0.15, 0.2) is 0 Å². The third kappa shape index (κ3) is 9.80. The third-order valence-corrected chi connectivity index (χ3v) is 12.3. The molecule has 1 fully saturated rings. The van der Waals surface area contributed by atoms with Crippen LogP contribution in [-0.2, 0) is 29.2 Å². The highest BCUT2D eigenvalue weighted by Gasteiger charge is 2.25. The van der Waals surface area contributed by atoms with Gasteiger partial charge in [-0.25, -0.2) is 0 Å². The van der Waals surface area contributed by atoms with Crippen LogP contribution in [-0.4, -0.2) is 63.6 Å². The van der Waals surface area contributed by atoms with E-state index in [4.69, 9.17) is 11.5 Å². The summed E-state index contributed by atoms with van der Waals surface area (Å²) in [5.74, 6) is 0.0105. The number of phenols is 1. The minimum absolute atomic E-state index is 0.0670. The summed E-state index contributed by atoms with van der Waals surface area (Å²) >= 11 is 0. The topological polar surface area (TPSA) is 202 Å². The fraction of sp³-hybridized carbons (Fsp3) is 0.414. The van der Waals surface area contributed by atoms with E-state index in [1.807, 2.05) is 33.7 Å². The van der Waals surface area contributed by atoms with Gasteiger partial charge in [0.1, 0.15) is 10.6 Å². The summed E-state index contributed by atoms with van der Waals surface area (Å²) < 4.78 is 61.7. The van der Waals surface area contributed by atoms with Gasteiger partial charge < -0.3 is 26.8 Å². The lowest BCUT2D eigenvalue weighted by atomic mass is 10.1. The Bertz CT molecular complexity index is 1690. The predicted molar refractivity (Wildman–Crippen MR) is 184 cm³/mol. The number of phenolic OH excluding ortho intramolecular Hbond substituents is 1. The zero-order valence-corrected chi connectivity index (χ0v) is 28.6. The molecule has 0 radical (unpaired) electrons. The van der Waals surface area contributed by atoms with Crippen molar-refractivity contribution in [3.63, 3.8) is 0 Å². The monoisotopic (exact) mass is 700 g/mol. The summed E-state index contributed by atoms with van der Waals surface area (Å²) in [4.78, 5) is 13.7. The smallest absolute Gasteiger partial charge is 0.296 e. The van der Waals surface area contributed by atoms with E-state index in [9.17, 15) is 31.3 Å². The van der Waals surface area contributed by atoms with Crippen LogP contribution in [0, 0.1) is 0 Å². The first-order chi connectivity index (χ1) is 21.2. The molecule has 1 unspecified atom stereocenters. The number of nitrogens with one attached hydrogen (secondary N) is 1. The van der Waals surface area contributed by atoms with Crippen molar-refractivity contribution in [2.24, 2.45) is 0 Å². The number of nitrogen functional groups attached to an aromatic ring is 2. The number of carbonyl (C=O) groups excluding carboxylic acids is 1. The molecule has 1 saturated heterocycles. The molecule has 0 aliphatic carbocycles. The molecular formula is C29H40N4O8S4. The van der Waals surface area contributed by atoms with Crippen molar-refractivity contribution < 1.29 is 35.5 Å². The zero-order valence-electron chi connectivity index (χ0n) is 25.4. The van der Waals surface area contributed by atoms with Crippen LogP contribution in [0.2, 0.25) is 0 Å². The molecule has 3 aromatic carbocycles. The molecule has 0 bridgehead atoms. The average Bonchev–Trinajstić information content (AvgIpc) is 3.52. The van der Waals surface area contributed by atoms with Gasteiger partial charge in [-0.2, -0.15) is 16.8 Å². The lowest BCUT2D eigenvalue weighted by molar-refractivity contribution is -0.116. The number of nitrogens with zero attached hydrogens (tertiary/aromatic N) is 1. The van der Waals surface area contributed by atoms with Gasteiger partial charge in [0.2, 0.25) is 5.91 Å². The molecule has 16 heteroatoms. The second-order valence-corrected chi connectivity index (χ2v) is 16.1. The Hall–Kier alpha value is -2.89. The molecular weight excluding hydrogens is 661 g/mol. The van der Waals surface area contributed by atoms with Crippen LogP contribution in [0.1, 0.15) is 46.0 Å². The van der Waals surface area contributed by atoms with Crippen molar-refractivity contribution >= 4 is 81.3 Å². The summed E-state index contributed by atoms with van der Waals surface area (Å²) in [6.45, 7) is 6.39. The second kappa shape index (κ2) is 16.1. The van der Waals surface area contributed by atoms with Gasteiger partial charge in [0.05, 0.1) is 23.4 Å². The Labute approximate surface area is 272 Å². The molecule has 0 aromatic heterocycles. The van der Waals surface area contributed by atoms with Crippen molar-refractivity contribution in [2.75, 3.05) is 47.6 Å². The molecule has 1 aliphatic rings.